The molecule has 1 heterocycles. The predicted molar refractivity (Wildman–Crippen MR) is 41.7 cm³/mol. The summed E-state index contributed by atoms with van der Waals surface area (Å²) in [5, 5.41) is 3.48. The quantitative estimate of drug-likeness (QED) is 0.551. The van der Waals surface area contributed by atoms with Gasteiger partial charge in [0.15, 0.2) is 0 Å². The van der Waals surface area contributed by atoms with Gasteiger partial charge < -0.3 is 11.1 Å². The molecule has 0 radical (unpaired) electrons. The maximum atomic E-state index is 5.63. The first-order chi connectivity index (χ1) is 4.92. The molecule has 3 N–H and O–H groups in total. The van der Waals surface area contributed by atoms with Gasteiger partial charge in [-0.15, -0.1) is 0 Å². The fourth-order valence-electron chi connectivity index (χ4n) is 2.56. The van der Waals surface area contributed by atoms with E-state index in [1.165, 1.54) is 25.8 Å². The molecule has 0 unspecified atom stereocenters. The van der Waals surface area contributed by atoms with Gasteiger partial charge in [0.1, 0.15) is 0 Å². The predicted octanol–water partition coefficient (Wildman–Crippen LogP) is 0.333. The van der Waals surface area contributed by atoms with Crippen molar-refractivity contribution in [3.63, 3.8) is 0 Å². The Kier molecular flexibility index (Phi) is 1.66. The highest BCUT2D eigenvalue weighted by Gasteiger charge is 2.37. The fourth-order valence-corrected chi connectivity index (χ4v) is 2.56. The average molecular weight is 140 g/mol. The van der Waals surface area contributed by atoms with Crippen LogP contribution in [-0.2, 0) is 0 Å². The first-order valence-corrected chi connectivity index (χ1v) is 4.35. The smallest absolute Gasteiger partial charge is 0.0221 e. The normalized spacial score (nSPS) is 45.9. The Hall–Kier alpha value is -0.0800. The standard InChI is InChI=1S/C8H16N2/c9-4-8-7-3-1-2-6(7)5-10-8/h6-8,10H,1-5,9H2/t6-,7-,8-/m1/s1. The highest BCUT2D eigenvalue weighted by molar-refractivity contribution is 4.94. The molecule has 2 aliphatic rings. The molecule has 2 heteroatoms. The first kappa shape index (κ1) is 6.62. The molecule has 1 saturated heterocycles. The third kappa shape index (κ3) is 0.867. The average Bonchev–Trinajstić information content (AvgIpc) is 2.44. The van der Waals surface area contributed by atoms with E-state index < -0.39 is 0 Å². The van der Waals surface area contributed by atoms with E-state index in [0.717, 1.165) is 18.4 Å². The number of nitrogens with one attached hydrogen (secondary N) is 1. The second-order valence-electron chi connectivity index (χ2n) is 3.61. The summed E-state index contributed by atoms with van der Waals surface area (Å²) in [6.07, 6.45) is 4.29. The third-order valence-corrected chi connectivity index (χ3v) is 3.13. The van der Waals surface area contributed by atoms with Crippen molar-refractivity contribution in [2.75, 3.05) is 13.1 Å². The van der Waals surface area contributed by atoms with Crippen LogP contribution in [0, 0.1) is 11.8 Å². The zero-order valence-electron chi connectivity index (χ0n) is 6.34. The van der Waals surface area contributed by atoms with Crippen LogP contribution in [0.5, 0.6) is 0 Å². The van der Waals surface area contributed by atoms with Crippen molar-refractivity contribution in [3.8, 4) is 0 Å². The van der Waals surface area contributed by atoms with Gasteiger partial charge in [-0.25, -0.2) is 0 Å². The van der Waals surface area contributed by atoms with Gasteiger partial charge in [-0.1, -0.05) is 6.42 Å². The molecular weight excluding hydrogens is 124 g/mol. The van der Waals surface area contributed by atoms with Crippen LogP contribution in [0.3, 0.4) is 0 Å². The lowest BCUT2D eigenvalue weighted by atomic mass is 9.94. The van der Waals surface area contributed by atoms with E-state index in [9.17, 15) is 0 Å². The Morgan fingerprint density at radius 2 is 2.30 bits per heavy atom. The summed E-state index contributed by atoms with van der Waals surface area (Å²) in [6.45, 7) is 2.06. The summed E-state index contributed by atoms with van der Waals surface area (Å²) in [5.41, 5.74) is 5.63. The molecule has 10 heavy (non-hydrogen) atoms. The molecule has 1 saturated carbocycles. The minimum atomic E-state index is 0.646. The van der Waals surface area contributed by atoms with Crippen LogP contribution in [0.1, 0.15) is 19.3 Å². The van der Waals surface area contributed by atoms with Crippen molar-refractivity contribution in [1.82, 2.24) is 5.32 Å². The minimum absolute atomic E-state index is 0.646. The summed E-state index contributed by atoms with van der Waals surface area (Å²) in [6, 6.07) is 0.646. The Bertz CT molecular complexity index is 124. The minimum Gasteiger partial charge on any atom is -0.329 e. The molecule has 2 nitrogen and oxygen atoms in total. The van der Waals surface area contributed by atoms with Crippen LogP contribution in [0.15, 0.2) is 0 Å². The second-order valence-corrected chi connectivity index (χ2v) is 3.61. The molecule has 2 fully saturated rings. The SMILES string of the molecule is NC[C@H]1NC[C@H]2CCC[C@H]21. The lowest BCUT2D eigenvalue weighted by Crippen LogP contribution is -2.34. The summed E-state index contributed by atoms with van der Waals surface area (Å²) in [4.78, 5) is 0. The van der Waals surface area contributed by atoms with Crippen LogP contribution in [0.2, 0.25) is 0 Å². The van der Waals surface area contributed by atoms with Gasteiger partial charge in [-0.3, -0.25) is 0 Å². The second kappa shape index (κ2) is 2.51. The van der Waals surface area contributed by atoms with E-state index in [1.807, 2.05) is 0 Å². The molecule has 0 aromatic heterocycles. The molecule has 1 aliphatic heterocycles. The number of rotatable bonds is 1. The molecule has 1 aliphatic carbocycles. The van der Waals surface area contributed by atoms with Gasteiger partial charge in [0.2, 0.25) is 0 Å². The molecule has 3 atom stereocenters. The van der Waals surface area contributed by atoms with Crippen LogP contribution >= 0.6 is 0 Å². The van der Waals surface area contributed by atoms with Crippen molar-refractivity contribution in [3.05, 3.63) is 0 Å². The largest absolute Gasteiger partial charge is 0.329 e. The summed E-state index contributed by atoms with van der Waals surface area (Å²) < 4.78 is 0. The van der Waals surface area contributed by atoms with Crippen molar-refractivity contribution in [2.45, 2.75) is 25.3 Å². The lowest BCUT2D eigenvalue weighted by molar-refractivity contribution is 0.417. The van der Waals surface area contributed by atoms with Gasteiger partial charge >= 0.3 is 0 Å². The fraction of sp³-hybridized carbons (Fsp3) is 1.00. The molecule has 0 amide bonds. The number of fused-ring (bicyclic) bond motifs is 1. The van der Waals surface area contributed by atoms with E-state index in [1.54, 1.807) is 0 Å². The molecule has 0 spiro atoms. The van der Waals surface area contributed by atoms with Crippen molar-refractivity contribution < 1.29 is 0 Å². The maximum absolute atomic E-state index is 5.63. The van der Waals surface area contributed by atoms with Gasteiger partial charge in [0.05, 0.1) is 0 Å². The number of hydrogen-bond donors (Lipinski definition) is 2. The van der Waals surface area contributed by atoms with E-state index in [-0.39, 0.29) is 0 Å². The Balaban J connectivity index is 2.01. The molecule has 2 rings (SSSR count). The zero-order chi connectivity index (χ0) is 6.97. The summed E-state index contributed by atoms with van der Waals surface area (Å²) in [5.74, 6) is 1.89. The Labute approximate surface area is 62.2 Å². The van der Waals surface area contributed by atoms with Crippen LogP contribution in [-0.4, -0.2) is 19.1 Å². The zero-order valence-corrected chi connectivity index (χ0v) is 6.34. The number of nitrogens with two attached hydrogens (primary N) is 1. The van der Waals surface area contributed by atoms with Crippen molar-refractivity contribution >= 4 is 0 Å². The highest BCUT2D eigenvalue weighted by Crippen LogP contribution is 2.37. The van der Waals surface area contributed by atoms with Gasteiger partial charge in [-0.05, 0) is 31.2 Å². The molecule has 58 valence electrons. The van der Waals surface area contributed by atoms with Gasteiger partial charge in [0.25, 0.3) is 0 Å². The highest BCUT2D eigenvalue weighted by atomic mass is 15.0. The van der Waals surface area contributed by atoms with Gasteiger partial charge in [0, 0.05) is 12.6 Å². The molecule has 0 bridgehead atoms. The Morgan fingerprint density at radius 3 is 3.10 bits per heavy atom. The third-order valence-electron chi connectivity index (χ3n) is 3.13. The maximum Gasteiger partial charge on any atom is 0.0221 e. The molecule has 0 aromatic carbocycles. The summed E-state index contributed by atoms with van der Waals surface area (Å²) >= 11 is 0. The summed E-state index contributed by atoms with van der Waals surface area (Å²) in [7, 11) is 0. The first-order valence-electron chi connectivity index (χ1n) is 4.35. The molecular formula is C8H16N2. The topological polar surface area (TPSA) is 38.0 Å². The monoisotopic (exact) mass is 140 g/mol. The van der Waals surface area contributed by atoms with E-state index in [4.69, 9.17) is 5.73 Å². The molecule has 0 aromatic rings. The van der Waals surface area contributed by atoms with E-state index in [0.29, 0.717) is 6.04 Å². The van der Waals surface area contributed by atoms with Crippen molar-refractivity contribution in [1.29, 1.82) is 0 Å². The van der Waals surface area contributed by atoms with E-state index in [2.05, 4.69) is 5.32 Å². The van der Waals surface area contributed by atoms with Gasteiger partial charge in [-0.2, -0.15) is 0 Å². The van der Waals surface area contributed by atoms with E-state index >= 15 is 0 Å². The lowest BCUT2D eigenvalue weighted by Gasteiger charge is -2.14. The van der Waals surface area contributed by atoms with Crippen molar-refractivity contribution in [2.24, 2.45) is 17.6 Å². The van der Waals surface area contributed by atoms with Crippen LogP contribution in [0.25, 0.3) is 0 Å². The number of hydrogen-bond acceptors (Lipinski definition) is 2. The van der Waals surface area contributed by atoms with Crippen LogP contribution in [0.4, 0.5) is 0 Å². The van der Waals surface area contributed by atoms with Crippen LogP contribution < -0.4 is 11.1 Å². The Morgan fingerprint density at radius 1 is 1.40 bits per heavy atom.